The van der Waals surface area contributed by atoms with E-state index in [0.717, 1.165) is 18.2 Å². The van der Waals surface area contributed by atoms with Crippen LogP contribution in [0.2, 0.25) is 0 Å². The van der Waals surface area contributed by atoms with Crippen molar-refractivity contribution in [3.8, 4) is 0 Å². The van der Waals surface area contributed by atoms with Gasteiger partial charge in [-0.1, -0.05) is 18.2 Å². The van der Waals surface area contributed by atoms with E-state index in [1.807, 2.05) is 0 Å². The molecule has 0 radical (unpaired) electrons. The van der Waals surface area contributed by atoms with Crippen molar-refractivity contribution in [3.05, 3.63) is 72.6 Å². The Hall–Kier alpha value is -2.90. The number of hydrogen-bond acceptors (Lipinski definition) is 5. The van der Waals surface area contributed by atoms with Gasteiger partial charge in [-0.25, -0.2) is 21.6 Å². The van der Waals surface area contributed by atoms with E-state index in [2.05, 4.69) is 14.5 Å². The van der Waals surface area contributed by atoms with E-state index in [0.29, 0.717) is 19.0 Å². The van der Waals surface area contributed by atoms with Crippen LogP contribution in [0.3, 0.4) is 0 Å². The first kappa shape index (κ1) is 23.8. The third kappa shape index (κ3) is 5.87. The molecule has 0 saturated carbocycles. The maximum absolute atomic E-state index is 12.9. The number of para-hydroxylation sites is 1. The summed E-state index contributed by atoms with van der Waals surface area (Å²) in [6, 6.07) is 10.1. The summed E-state index contributed by atoms with van der Waals surface area (Å²) in [6.45, 7) is 0.538. The van der Waals surface area contributed by atoms with E-state index >= 15 is 0 Å². The smallest absolute Gasteiger partial charge is 0.278 e. The van der Waals surface area contributed by atoms with Gasteiger partial charge in [-0.15, -0.1) is 0 Å². The number of sulfonamides is 2. The topological polar surface area (TPSA) is 110 Å². The summed E-state index contributed by atoms with van der Waals surface area (Å²) in [5, 5.41) is 4.01. The van der Waals surface area contributed by atoms with Crippen molar-refractivity contribution in [2.75, 3.05) is 11.3 Å². The minimum absolute atomic E-state index is 0.0664. The average Bonchev–Trinajstić information content (AvgIpc) is 3.24. The molecule has 0 aliphatic rings. The fourth-order valence-electron chi connectivity index (χ4n) is 2.79. The summed E-state index contributed by atoms with van der Waals surface area (Å²) in [5.74, 6) is 0. The monoisotopic (exact) mass is 488 g/mol. The van der Waals surface area contributed by atoms with E-state index in [9.17, 15) is 30.0 Å². The summed E-state index contributed by atoms with van der Waals surface area (Å²) >= 11 is 0. The van der Waals surface area contributed by atoms with Crippen molar-refractivity contribution in [2.45, 2.75) is 28.9 Å². The molecule has 0 unspecified atom stereocenters. The van der Waals surface area contributed by atoms with E-state index in [-0.39, 0.29) is 17.1 Å². The van der Waals surface area contributed by atoms with Gasteiger partial charge in [-0.05, 0) is 42.8 Å². The molecule has 1 aromatic heterocycles. The van der Waals surface area contributed by atoms with Gasteiger partial charge in [0.2, 0.25) is 10.0 Å². The number of alkyl halides is 3. The molecule has 13 heteroatoms. The standard InChI is InChI=1S/C19H19F3N4O4S2/c20-19(21,22)15-6-3-7-16(14-15)31(27,28)25-17-8-1-2-9-18(17)32(29,30)24-11-5-13-26-12-4-10-23-26/h1-4,6-10,12,14,24-25H,5,11,13H2. The number of rotatable bonds is 9. The quantitative estimate of drug-likeness (QED) is 0.450. The van der Waals surface area contributed by atoms with Gasteiger partial charge in [0.1, 0.15) is 4.90 Å². The molecule has 0 spiro atoms. The van der Waals surface area contributed by atoms with Gasteiger partial charge < -0.3 is 0 Å². The molecule has 0 atom stereocenters. The van der Waals surface area contributed by atoms with Gasteiger partial charge in [-0.2, -0.15) is 18.3 Å². The van der Waals surface area contributed by atoms with Crippen LogP contribution in [-0.4, -0.2) is 33.2 Å². The molecule has 172 valence electrons. The van der Waals surface area contributed by atoms with Gasteiger partial charge in [0.05, 0.1) is 16.1 Å². The Morgan fingerprint density at radius 3 is 2.38 bits per heavy atom. The van der Waals surface area contributed by atoms with E-state index in [4.69, 9.17) is 0 Å². The van der Waals surface area contributed by atoms with Gasteiger partial charge in [0.25, 0.3) is 10.0 Å². The first-order chi connectivity index (χ1) is 15.0. The molecule has 0 saturated heterocycles. The molecule has 0 aliphatic carbocycles. The predicted molar refractivity (Wildman–Crippen MR) is 111 cm³/mol. The highest BCUT2D eigenvalue weighted by Gasteiger charge is 2.32. The Labute approximate surface area is 183 Å². The Morgan fingerprint density at radius 1 is 0.938 bits per heavy atom. The second-order valence-electron chi connectivity index (χ2n) is 6.65. The fraction of sp³-hybridized carbons (Fsp3) is 0.211. The second-order valence-corrected chi connectivity index (χ2v) is 10.1. The zero-order valence-corrected chi connectivity index (χ0v) is 18.1. The Morgan fingerprint density at radius 2 is 1.69 bits per heavy atom. The van der Waals surface area contributed by atoms with Crippen LogP contribution in [0.25, 0.3) is 0 Å². The number of aromatic nitrogens is 2. The lowest BCUT2D eigenvalue weighted by Crippen LogP contribution is -2.27. The van der Waals surface area contributed by atoms with Crippen LogP contribution in [0.1, 0.15) is 12.0 Å². The summed E-state index contributed by atoms with van der Waals surface area (Å²) < 4.78 is 95.6. The van der Waals surface area contributed by atoms with Crippen molar-refractivity contribution < 1.29 is 30.0 Å². The molecule has 32 heavy (non-hydrogen) atoms. The van der Waals surface area contributed by atoms with Crippen LogP contribution in [0, 0.1) is 0 Å². The molecule has 3 rings (SSSR count). The van der Waals surface area contributed by atoms with Crippen molar-refractivity contribution in [2.24, 2.45) is 0 Å². The number of hydrogen-bond donors (Lipinski definition) is 2. The molecule has 2 aromatic carbocycles. The SMILES string of the molecule is O=S(=O)(Nc1ccccc1S(=O)(=O)NCCCn1cccn1)c1cccc(C(F)(F)F)c1. The van der Waals surface area contributed by atoms with E-state index in [1.165, 1.54) is 24.3 Å². The summed E-state index contributed by atoms with van der Waals surface area (Å²) in [7, 11) is -8.59. The molecule has 0 aliphatic heterocycles. The molecular formula is C19H19F3N4O4S2. The lowest BCUT2D eigenvalue weighted by molar-refractivity contribution is -0.137. The van der Waals surface area contributed by atoms with Crippen LogP contribution in [0.4, 0.5) is 18.9 Å². The predicted octanol–water partition coefficient (Wildman–Crippen LogP) is 3.07. The Bertz CT molecular complexity index is 1280. The normalized spacial score (nSPS) is 12.6. The summed E-state index contributed by atoms with van der Waals surface area (Å²) in [6.07, 6.45) is -0.977. The Balaban J connectivity index is 1.78. The molecule has 8 nitrogen and oxygen atoms in total. The molecular weight excluding hydrogens is 469 g/mol. The van der Waals surface area contributed by atoms with Crippen molar-refractivity contribution >= 4 is 25.7 Å². The van der Waals surface area contributed by atoms with Gasteiger partial charge in [0.15, 0.2) is 0 Å². The number of halogens is 3. The molecule has 1 heterocycles. The highest BCUT2D eigenvalue weighted by atomic mass is 32.2. The van der Waals surface area contributed by atoms with Crippen LogP contribution < -0.4 is 9.44 Å². The summed E-state index contributed by atoms with van der Waals surface area (Å²) in [4.78, 5) is -0.999. The lowest BCUT2D eigenvalue weighted by Gasteiger charge is -2.14. The average molecular weight is 489 g/mol. The third-order valence-electron chi connectivity index (χ3n) is 4.31. The van der Waals surface area contributed by atoms with Gasteiger partial charge in [0, 0.05) is 25.5 Å². The minimum Gasteiger partial charge on any atom is -0.278 e. The molecule has 0 fully saturated rings. The van der Waals surface area contributed by atoms with Gasteiger partial charge >= 0.3 is 6.18 Å². The largest absolute Gasteiger partial charge is 0.416 e. The molecule has 3 aromatic rings. The second kappa shape index (κ2) is 9.30. The highest BCUT2D eigenvalue weighted by molar-refractivity contribution is 7.93. The molecule has 0 amide bonds. The maximum atomic E-state index is 12.9. The number of aryl methyl sites for hydroxylation is 1. The number of anilines is 1. The van der Waals surface area contributed by atoms with E-state index < -0.39 is 36.7 Å². The first-order valence-corrected chi connectivity index (χ1v) is 12.2. The van der Waals surface area contributed by atoms with Gasteiger partial charge in [-0.3, -0.25) is 9.40 Å². The minimum atomic E-state index is -4.73. The zero-order chi connectivity index (χ0) is 23.4. The molecule has 2 N–H and O–H groups in total. The molecule has 0 bridgehead atoms. The lowest BCUT2D eigenvalue weighted by atomic mass is 10.2. The van der Waals surface area contributed by atoms with Crippen molar-refractivity contribution in [1.29, 1.82) is 0 Å². The Kier molecular flexibility index (Phi) is 6.91. The van der Waals surface area contributed by atoms with Crippen LogP contribution in [0.15, 0.2) is 76.8 Å². The summed E-state index contributed by atoms with van der Waals surface area (Å²) in [5.41, 5.74) is -1.43. The number of nitrogens with zero attached hydrogens (tertiary/aromatic N) is 2. The van der Waals surface area contributed by atoms with Crippen molar-refractivity contribution in [1.82, 2.24) is 14.5 Å². The van der Waals surface area contributed by atoms with Crippen LogP contribution in [0.5, 0.6) is 0 Å². The van der Waals surface area contributed by atoms with Crippen LogP contribution in [-0.2, 0) is 32.8 Å². The highest BCUT2D eigenvalue weighted by Crippen LogP contribution is 2.31. The zero-order valence-electron chi connectivity index (χ0n) is 16.4. The third-order valence-corrected chi connectivity index (χ3v) is 7.19. The fourth-order valence-corrected chi connectivity index (χ4v) is 5.21. The van der Waals surface area contributed by atoms with E-state index in [1.54, 1.807) is 23.1 Å². The number of nitrogens with one attached hydrogen (secondary N) is 2. The maximum Gasteiger partial charge on any atom is 0.416 e. The van der Waals surface area contributed by atoms with Crippen LogP contribution >= 0.6 is 0 Å². The van der Waals surface area contributed by atoms with Crippen molar-refractivity contribution in [3.63, 3.8) is 0 Å². The number of benzene rings is 2. The first-order valence-electron chi connectivity index (χ1n) is 9.25.